The van der Waals surface area contributed by atoms with Gasteiger partial charge in [-0.05, 0) is 74.7 Å². The van der Waals surface area contributed by atoms with Crippen molar-refractivity contribution in [1.29, 1.82) is 0 Å². The fourth-order valence-corrected chi connectivity index (χ4v) is 5.00. The summed E-state index contributed by atoms with van der Waals surface area (Å²) < 4.78 is 4.12. The first kappa shape index (κ1) is 22.5. The van der Waals surface area contributed by atoms with Crippen LogP contribution in [0.15, 0.2) is 90.2 Å². The van der Waals surface area contributed by atoms with Gasteiger partial charge in [-0.1, -0.05) is 24.3 Å². The molecule has 1 aliphatic heterocycles. The van der Waals surface area contributed by atoms with E-state index in [2.05, 4.69) is 45.4 Å². The van der Waals surface area contributed by atoms with Gasteiger partial charge in [0.25, 0.3) is 0 Å². The Balaban J connectivity index is 1.25. The summed E-state index contributed by atoms with van der Waals surface area (Å²) in [5, 5.41) is 7.83. The van der Waals surface area contributed by atoms with Crippen LogP contribution in [0.1, 0.15) is 18.4 Å². The van der Waals surface area contributed by atoms with Crippen LogP contribution in [0.25, 0.3) is 11.5 Å². The zero-order valence-corrected chi connectivity index (χ0v) is 20.1. The summed E-state index contributed by atoms with van der Waals surface area (Å²) in [6, 6.07) is 22.3. The molecule has 4 aromatic rings. The molecule has 0 spiro atoms. The van der Waals surface area contributed by atoms with E-state index in [4.69, 9.17) is 5.10 Å². The standard InChI is InChI=1S/C27H29N5OS/c1-34-25-11-7-8-23(18-25)29-26(33)21-12-16-30(17-13-21)20-22-19-28-32(24-9-3-2-4-10-24)27(22)31-14-5-6-15-31/h2-11,14-15,18-19,21H,12-13,16-17,20H2,1H3,(H,29,33). The van der Waals surface area contributed by atoms with E-state index >= 15 is 0 Å². The first-order valence-corrected chi connectivity index (χ1v) is 12.9. The lowest BCUT2D eigenvalue weighted by molar-refractivity contribution is -0.121. The van der Waals surface area contributed by atoms with Crippen LogP contribution < -0.4 is 5.32 Å². The zero-order chi connectivity index (χ0) is 23.3. The van der Waals surface area contributed by atoms with Crippen LogP contribution in [0.5, 0.6) is 0 Å². The van der Waals surface area contributed by atoms with Crippen molar-refractivity contribution in [2.24, 2.45) is 5.92 Å². The van der Waals surface area contributed by atoms with E-state index in [9.17, 15) is 4.79 Å². The number of anilines is 1. The fraction of sp³-hybridized carbons (Fsp3) is 0.259. The molecule has 0 saturated carbocycles. The number of nitrogens with zero attached hydrogens (tertiary/aromatic N) is 4. The smallest absolute Gasteiger partial charge is 0.227 e. The molecule has 7 heteroatoms. The molecule has 3 heterocycles. The van der Waals surface area contributed by atoms with E-state index in [-0.39, 0.29) is 11.8 Å². The Morgan fingerprint density at radius 2 is 1.79 bits per heavy atom. The molecule has 1 N–H and O–H groups in total. The van der Waals surface area contributed by atoms with Crippen LogP contribution >= 0.6 is 11.8 Å². The molecule has 2 aromatic heterocycles. The highest BCUT2D eigenvalue weighted by molar-refractivity contribution is 7.98. The number of aromatic nitrogens is 3. The average molecular weight is 472 g/mol. The second-order valence-electron chi connectivity index (χ2n) is 8.60. The number of carbonyl (C=O) groups excluding carboxylic acids is 1. The maximum Gasteiger partial charge on any atom is 0.227 e. The molecule has 1 amide bonds. The van der Waals surface area contributed by atoms with Crippen molar-refractivity contribution in [3.8, 4) is 11.5 Å². The topological polar surface area (TPSA) is 55.1 Å². The number of para-hydroxylation sites is 1. The Hall–Kier alpha value is -3.29. The lowest BCUT2D eigenvalue weighted by Gasteiger charge is -2.31. The highest BCUT2D eigenvalue weighted by atomic mass is 32.2. The molecule has 2 aromatic carbocycles. The number of hydrogen-bond donors (Lipinski definition) is 1. The van der Waals surface area contributed by atoms with Gasteiger partial charge in [-0.3, -0.25) is 9.69 Å². The van der Waals surface area contributed by atoms with Crippen LogP contribution in [0.3, 0.4) is 0 Å². The summed E-state index contributed by atoms with van der Waals surface area (Å²) in [4.78, 5) is 16.4. The Kier molecular flexibility index (Phi) is 6.83. The molecule has 0 bridgehead atoms. The summed E-state index contributed by atoms with van der Waals surface area (Å²) >= 11 is 1.68. The van der Waals surface area contributed by atoms with Crippen molar-refractivity contribution in [1.82, 2.24) is 19.2 Å². The Morgan fingerprint density at radius 3 is 2.53 bits per heavy atom. The quantitative estimate of drug-likeness (QED) is 0.375. The second kappa shape index (κ2) is 10.3. The number of rotatable bonds is 7. The van der Waals surface area contributed by atoms with Crippen molar-refractivity contribution in [2.45, 2.75) is 24.3 Å². The number of benzene rings is 2. The predicted octanol–water partition coefficient (Wildman–Crippen LogP) is 5.24. The van der Waals surface area contributed by atoms with Gasteiger partial charge in [0.1, 0.15) is 5.82 Å². The number of hydrogen-bond acceptors (Lipinski definition) is 4. The molecule has 1 fully saturated rings. The van der Waals surface area contributed by atoms with Gasteiger partial charge in [-0.25, -0.2) is 4.68 Å². The number of likely N-dealkylation sites (tertiary alicyclic amines) is 1. The van der Waals surface area contributed by atoms with Gasteiger partial charge in [-0.15, -0.1) is 11.8 Å². The van der Waals surface area contributed by atoms with Gasteiger partial charge in [0.15, 0.2) is 0 Å². The summed E-state index contributed by atoms with van der Waals surface area (Å²) in [5.41, 5.74) is 3.10. The number of piperidine rings is 1. The Morgan fingerprint density at radius 1 is 1.03 bits per heavy atom. The maximum atomic E-state index is 12.8. The van der Waals surface area contributed by atoms with Gasteiger partial charge in [0, 0.05) is 41.0 Å². The average Bonchev–Trinajstić information content (AvgIpc) is 3.55. The van der Waals surface area contributed by atoms with E-state index < -0.39 is 0 Å². The number of thioether (sulfide) groups is 1. The van der Waals surface area contributed by atoms with Crippen LogP contribution in [0.2, 0.25) is 0 Å². The van der Waals surface area contributed by atoms with Crippen LogP contribution in [-0.4, -0.2) is 44.5 Å². The second-order valence-corrected chi connectivity index (χ2v) is 9.48. The summed E-state index contributed by atoms with van der Waals surface area (Å²) in [5.74, 6) is 1.23. The minimum atomic E-state index is 0.0464. The largest absolute Gasteiger partial charge is 0.326 e. The van der Waals surface area contributed by atoms with Crippen LogP contribution in [0.4, 0.5) is 5.69 Å². The molecule has 34 heavy (non-hydrogen) atoms. The third-order valence-electron chi connectivity index (χ3n) is 6.36. The number of amides is 1. The van der Waals surface area contributed by atoms with Crippen molar-refractivity contribution in [3.63, 3.8) is 0 Å². The Labute approximate surface area is 204 Å². The lowest BCUT2D eigenvalue weighted by Crippen LogP contribution is -2.37. The highest BCUT2D eigenvalue weighted by Gasteiger charge is 2.26. The molecule has 0 atom stereocenters. The third kappa shape index (κ3) is 4.95. The first-order valence-electron chi connectivity index (χ1n) is 11.6. The molecule has 0 radical (unpaired) electrons. The molecule has 1 saturated heterocycles. The predicted molar refractivity (Wildman–Crippen MR) is 138 cm³/mol. The summed E-state index contributed by atoms with van der Waals surface area (Å²) in [6.07, 6.45) is 9.85. The Bertz CT molecular complexity index is 1230. The van der Waals surface area contributed by atoms with Gasteiger partial charge in [0.05, 0.1) is 11.9 Å². The SMILES string of the molecule is CSc1cccc(NC(=O)C2CCN(Cc3cnn(-c4ccccc4)c3-n3cccc3)CC2)c1. The van der Waals surface area contributed by atoms with E-state index in [0.717, 1.165) is 54.6 Å². The van der Waals surface area contributed by atoms with Crippen molar-refractivity contribution in [3.05, 3.63) is 90.9 Å². The fourth-order valence-electron chi connectivity index (χ4n) is 4.54. The summed E-state index contributed by atoms with van der Waals surface area (Å²) in [6.45, 7) is 2.60. The molecular formula is C27H29N5OS. The molecular weight excluding hydrogens is 442 g/mol. The molecule has 0 unspecified atom stereocenters. The van der Waals surface area contributed by atoms with Crippen LogP contribution in [0, 0.1) is 5.92 Å². The third-order valence-corrected chi connectivity index (χ3v) is 7.08. The normalized spacial score (nSPS) is 14.9. The minimum absolute atomic E-state index is 0.0464. The van der Waals surface area contributed by atoms with E-state index in [1.165, 1.54) is 5.56 Å². The maximum absolute atomic E-state index is 12.8. The van der Waals surface area contributed by atoms with Crippen molar-refractivity contribution < 1.29 is 4.79 Å². The van der Waals surface area contributed by atoms with Crippen molar-refractivity contribution >= 4 is 23.4 Å². The molecule has 0 aliphatic carbocycles. The van der Waals surface area contributed by atoms with Crippen molar-refractivity contribution in [2.75, 3.05) is 24.7 Å². The van der Waals surface area contributed by atoms with Gasteiger partial charge < -0.3 is 9.88 Å². The van der Waals surface area contributed by atoms with E-state index in [0.29, 0.717) is 0 Å². The van der Waals surface area contributed by atoms with Crippen LogP contribution in [-0.2, 0) is 11.3 Å². The molecule has 6 nitrogen and oxygen atoms in total. The molecule has 174 valence electrons. The minimum Gasteiger partial charge on any atom is -0.326 e. The first-order chi connectivity index (χ1) is 16.7. The van der Waals surface area contributed by atoms with Gasteiger partial charge in [-0.2, -0.15) is 5.10 Å². The molecule has 1 aliphatic rings. The van der Waals surface area contributed by atoms with E-state index in [1.807, 2.05) is 65.7 Å². The summed E-state index contributed by atoms with van der Waals surface area (Å²) in [7, 11) is 0. The number of nitrogens with one attached hydrogen (secondary N) is 1. The molecule has 5 rings (SSSR count). The monoisotopic (exact) mass is 471 g/mol. The highest BCUT2D eigenvalue weighted by Crippen LogP contribution is 2.26. The number of carbonyl (C=O) groups is 1. The zero-order valence-electron chi connectivity index (χ0n) is 19.3. The van der Waals surface area contributed by atoms with E-state index in [1.54, 1.807) is 11.8 Å². The lowest BCUT2D eigenvalue weighted by atomic mass is 9.95. The van der Waals surface area contributed by atoms with Gasteiger partial charge in [0.2, 0.25) is 5.91 Å². The van der Waals surface area contributed by atoms with Gasteiger partial charge >= 0.3 is 0 Å².